The van der Waals surface area contributed by atoms with Gasteiger partial charge in [-0.3, -0.25) is 0 Å². The van der Waals surface area contributed by atoms with Crippen LogP contribution in [-0.2, 0) is 0 Å². The van der Waals surface area contributed by atoms with Crippen molar-refractivity contribution in [1.82, 2.24) is 10.1 Å². The molecule has 1 aromatic heterocycles. The van der Waals surface area contributed by atoms with Gasteiger partial charge in [-0.2, -0.15) is 4.98 Å². The van der Waals surface area contributed by atoms with Gasteiger partial charge < -0.3 is 10.3 Å². The molecule has 0 spiro atoms. The van der Waals surface area contributed by atoms with E-state index in [-0.39, 0.29) is 12.0 Å². The van der Waals surface area contributed by atoms with Gasteiger partial charge in [0.05, 0.1) is 5.92 Å². The summed E-state index contributed by atoms with van der Waals surface area (Å²) in [6, 6.07) is 5.30. The number of rotatable bonds is 2. The Morgan fingerprint density at radius 1 is 1.16 bits per heavy atom. The zero-order valence-corrected chi connectivity index (χ0v) is 11.7. The van der Waals surface area contributed by atoms with Gasteiger partial charge in [0.15, 0.2) is 0 Å². The topological polar surface area (TPSA) is 64.9 Å². The molecule has 1 aliphatic carbocycles. The SMILES string of the molecule is NC1CCCC1c1nc(-c2cc(Cl)cc(Cl)c2)no1. The Balaban J connectivity index is 1.92. The van der Waals surface area contributed by atoms with Crippen molar-refractivity contribution < 1.29 is 4.52 Å². The third-order valence-corrected chi connectivity index (χ3v) is 3.89. The van der Waals surface area contributed by atoms with Crippen LogP contribution in [0.25, 0.3) is 11.4 Å². The molecule has 0 bridgehead atoms. The van der Waals surface area contributed by atoms with E-state index in [1.165, 1.54) is 0 Å². The second-order valence-corrected chi connectivity index (χ2v) is 5.69. The molecule has 2 unspecified atom stereocenters. The summed E-state index contributed by atoms with van der Waals surface area (Å²) in [5, 5.41) is 5.08. The van der Waals surface area contributed by atoms with Gasteiger partial charge in [-0.25, -0.2) is 0 Å². The fraction of sp³-hybridized carbons (Fsp3) is 0.385. The van der Waals surface area contributed by atoms with Crippen LogP contribution in [0.2, 0.25) is 10.0 Å². The van der Waals surface area contributed by atoms with Crippen LogP contribution in [0.15, 0.2) is 22.7 Å². The average Bonchev–Trinajstić information content (AvgIpc) is 2.95. The van der Waals surface area contributed by atoms with Crippen LogP contribution in [0.3, 0.4) is 0 Å². The lowest BCUT2D eigenvalue weighted by molar-refractivity contribution is 0.345. The van der Waals surface area contributed by atoms with Gasteiger partial charge in [-0.05, 0) is 31.0 Å². The first kappa shape index (κ1) is 12.9. The van der Waals surface area contributed by atoms with Crippen molar-refractivity contribution in [1.29, 1.82) is 0 Å². The highest BCUT2D eigenvalue weighted by molar-refractivity contribution is 6.35. The van der Waals surface area contributed by atoms with E-state index in [1.807, 2.05) is 0 Å². The van der Waals surface area contributed by atoms with Crippen molar-refractivity contribution in [2.45, 2.75) is 31.2 Å². The van der Waals surface area contributed by atoms with Gasteiger partial charge in [0.25, 0.3) is 0 Å². The fourth-order valence-corrected chi connectivity index (χ4v) is 3.01. The highest BCUT2D eigenvalue weighted by Gasteiger charge is 2.30. The van der Waals surface area contributed by atoms with E-state index < -0.39 is 0 Å². The summed E-state index contributed by atoms with van der Waals surface area (Å²) in [4.78, 5) is 4.42. The van der Waals surface area contributed by atoms with Crippen LogP contribution in [0, 0.1) is 0 Å². The van der Waals surface area contributed by atoms with E-state index in [2.05, 4.69) is 10.1 Å². The minimum Gasteiger partial charge on any atom is -0.339 e. The largest absolute Gasteiger partial charge is 0.339 e. The minimum absolute atomic E-state index is 0.108. The molecule has 2 atom stereocenters. The number of hydrogen-bond donors (Lipinski definition) is 1. The summed E-state index contributed by atoms with van der Waals surface area (Å²) in [6.45, 7) is 0. The molecule has 19 heavy (non-hydrogen) atoms. The van der Waals surface area contributed by atoms with Crippen LogP contribution in [0.1, 0.15) is 31.1 Å². The molecule has 2 aromatic rings. The summed E-state index contributed by atoms with van der Waals surface area (Å²) in [6.07, 6.45) is 3.11. The number of nitrogens with zero attached hydrogens (tertiary/aromatic N) is 2. The van der Waals surface area contributed by atoms with Gasteiger partial charge in [0.1, 0.15) is 0 Å². The summed E-state index contributed by atoms with van der Waals surface area (Å²) in [5.41, 5.74) is 6.79. The van der Waals surface area contributed by atoms with Crippen molar-refractivity contribution in [3.63, 3.8) is 0 Å². The molecule has 1 fully saturated rings. The third-order valence-electron chi connectivity index (χ3n) is 3.45. The van der Waals surface area contributed by atoms with Crippen molar-refractivity contribution in [3.8, 4) is 11.4 Å². The summed E-state index contributed by atoms with van der Waals surface area (Å²) >= 11 is 11.9. The van der Waals surface area contributed by atoms with Gasteiger partial charge >= 0.3 is 0 Å². The van der Waals surface area contributed by atoms with E-state index in [9.17, 15) is 0 Å². The molecule has 4 nitrogen and oxygen atoms in total. The summed E-state index contributed by atoms with van der Waals surface area (Å²) in [7, 11) is 0. The van der Waals surface area contributed by atoms with Gasteiger partial charge in [-0.1, -0.05) is 34.8 Å². The van der Waals surface area contributed by atoms with Crippen LogP contribution >= 0.6 is 23.2 Å². The Kier molecular flexibility index (Phi) is 3.48. The number of hydrogen-bond acceptors (Lipinski definition) is 4. The average molecular weight is 298 g/mol. The lowest BCUT2D eigenvalue weighted by atomic mass is 10.1. The molecule has 0 radical (unpaired) electrons. The number of nitrogens with two attached hydrogens (primary N) is 1. The zero-order valence-electron chi connectivity index (χ0n) is 10.1. The van der Waals surface area contributed by atoms with Crippen molar-refractivity contribution in [2.24, 2.45) is 5.73 Å². The molecule has 1 heterocycles. The summed E-state index contributed by atoms with van der Waals surface area (Å²) < 4.78 is 5.33. The van der Waals surface area contributed by atoms with E-state index in [0.717, 1.165) is 24.8 Å². The molecular weight excluding hydrogens is 285 g/mol. The lowest BCUT2D eigenvalue weighted by Gasteiger charge is -2.08. The van der Waals surface area contributed by atoms with Gasteiger partial charge in [0.2, 0.25) is 11.7 Å². The van der Waals surface area contributed by atoms with Crippen LogP contribution in [0.5, 0.6) is 0 Å². The Labute approximate surface area is 120 Å². The maximum absolute atomic E-state index is 6.04. The minimum atomic E-state index is 0.108. The Morgan fingerprint density at radius 3 is 2.53 bits per heavy atom. The number of aromatic nitrogens is 2. The molecule has 3 rings (SSSR count). The van der Waals surface area contributed by atoms with E-state index in [4.69, 9.17) is 33.5 Å². The van der Waals surface area contributed by atoms with Crippen LogP contribution < -0.4 is 5.73 Å². The third kappa shape index (κ3) is 2.61. The van der Waals surface area contributed by atoms with E-state index >= 15 is 0 Å². The number of benzene rings is 1. The van der Waals surface area contributed by atoms with E-state index in [1.54, 1.807) is 18.2 Å². The second-order valence-electron chi connectivity index (χ2n) is 4.82. The Hall–Kier alpha value is -1.10. The zero-order chi connectivity index (χ0) is 13.4. The fourth-order valence-electron chi connectivity index (χ4n) is 2.48. The van der Waals surface area contributed by atoms with Crippen LogP contribution in [-0.4, -0.2) is 16.2 Å². The van der Waals surface area contributed by atoms with Crippen molar-refractivity contribution >= 4 is 23.2 Å². The molecule has 100 valence electrons. The van der Waals surface area contributed by atoms with Gasteiger partial charge in [0, 0.05) is 21.7 Å². The monoisotopic (exact) mass is 297 g/mol. The molecule has 0 amide bonds. The van der Waals surface area contributed by atoms with Crippen LogP contribution in [0.4, 0.5) is 0 Å². The molecule has 2 N–H and O–H groups in total. The van der Waals surface area contributed by atoms with Gasteiger partial charge in [-0.15, -0.1) is 0 Å². The Bertz CT molecular complexity index is 579. The van der Waals surface area contributed by atoms with Crippen molar-refractivity contribution in [3.05, 3.63) is 34.1 Å². The molecule has 6 heteroatoms. The predicted octanol–water partition coefficient (Wildman–Crippen LogP) is 3.64. The maximum Gasteiger partial charge on any atom is 0.231 e. The summed E-state index contributed by atoms with van der Waals surface area (Å²) in [5.74, 6) is 1.27. The molecule has 1 saturated carbocycles. The first-order valence-corrected chi connectivity index (χ1v) is 6.95. The van der Waals surface area contributed by atoms with E-state index in [0.29, 0.717) is 21.8 Å². The maximum atomic E-state index is 6.04. The smallest absolute Gasteiger partial charge is 0.231 e. The van der Waals surface area contributed by atoms with Crippen molar-refractivity contribution in [2.75, 3.05) is 0 Å². The highest BCUT2D eigenvalue weighted by atomic mass is 35.5. The molecule has 0 aliphatic heterocycles. The first-order valence-electron chi connectivity index (χ1n) is 6.19. The second kappa shape index (κ2) is 5.12. The Morgan fingerprint density at radius 2 is 1.89 bits per heavy atom. The molecule has 1 aliphatic rings. The highest BCUT2D eigenvalue weighted by Crippen LogP contribution is 2.33. The quantitative estimate of drug-likeness (QED) is 0.919. The molecule has 0 saturated heterocycles. The standard InChI is InChI=1S/C13H13Cl2N3O/c14-8-4-7(5-9(15)6-8)12-17-13(19-18-12)10-2-1-3-11(10)16/h4-6,10-11H,1-3,16H2. The predicted molar refractivity (Wildman–Crippen MR) is 74.3 cm³/mol. The first-order chi connectivity index (χ1) is 9.13. The molecule has 1 aromatic carbocycles. The molecular formula is C13H13Cl2N3O. The number of halogens is 2. The lowest BCUT2D eigenvalue weighted by Crippen LogP contribution is -2.22. The normalized spacial score (nSPS) is 22.9.